The van der Waals surface area contributed by atoms with E-state index in [0.29, 0.717) is 28.1 Å². The number of hydrogen-bond donors (Lipinski definition) is 1. The molecular formula is C23H28Cl2N4O4S2. The zero-order chi connectivity index (χ0) is 25.2. The van der Waals surface area contributed by atoms with Crippen LogP contribution in [-0.2, 0) is 19.6 Å². The molecule has 0 bridgehead atoms. The van der Waals surface area contributed by atoms with Gasteiger partial charge in [-0.2, -0.15) is 4.31 Å². The lowest BCUT2D eigenvalue weighted by Crippen LogP contribution is -2.58. The van der Waals surface area contributed by atoms with E-state index < -0.39 is 22.0 Å². The van der Waals surface area contributed by atoms with Crippen LogP contribution in [0.2, 0.25) is 10.0 Å². The average molecular weight is 560 g/mol. The first-order chi connectivity index (χ1) is 16.7. The van der Waals surface area contributed by atoms with Crippen molar-refractivity contribution in [3.05, 3.63) is 39.3 Å². The predicted octanol–water partition coefficient (Wildman–Crippen LogP) is 4.57. The third-order valence-electron chi connectivity index (χ3n) is 6.68. The quantitative estimate of drug-likeness (QED) is 0.536. The number of piperazine rings is 1. The molecule has 2 heterocycles. The molecule has 1 aromatic heterocycles. The standard InChI is InChI=1S/C23H28Cl2N4O4S2/c1-15-11-20(18(25)13-17(15)24)35(32,33)28-8-9-29(21(30)14-28)19(12-16-5-3-2-4-6-16)22(31)27-23-26-7-10-34-23/h7,10-11,13,16,19H,2-6,8-9,12,14H2,1H3,(H,26,27,31). The van der Waals surface area contributed by atoms with Gasteiger partial charge in [-0.1, -0.05) is 55.3 Å². The number of nitrogens with one attached hydrogen (secondary N) is 1. The zero-order valence-corrected chi connectivity index (χ0v) is 22.5. The van der Waals surface area contributed by atoms with E-state index in [9.17, 15) is 18.0 Å². The normalized spacial score (nSPS) is 19.1. The molecule has 2 aromatic rings. The second-order valence-corrected chi connectivity index (χ2v) is 12.7. The van der Waals surface area contributed by atoms with Crippen LogP contribution in [0, 0.1) is 12.8 Å². The van der Waals surface area contributed by atoms with Gasteiger partial charge in [0.1, 0.15) is 10.9 Å². The third kappa shape index (κ3) is 5.99. The molecule has 2 fully saturated rings. The number of aromatic nitrogens is 1. The molecule has 1 N–H and O–H groups in total. The van der Waals surface area contributed by atoms with E-state index in [0.717, 1.165) is 30.0 Å². The van der Waals surface area contributed by atoms with Crippen LogP contribution in [0.25, 0.3) is 0 Å². The Morgan fingerprint density at radius 3 is 2.60 bits per heavy atom. The first kappa shape index (κ1) is 26.3. The van der Waals surface area contributed by atoms with Gasteiger partial charge in [-0.25, -0.2) is 13.4 Å². The van der Waals surface area contributed by atoms with E-state index in [1.807, 2.05) is 0 Å². The number of benzene rings is 1. The van der Waals surface area contributed by atoms with E-state index in [-0.39, 0.29) is 35.5 Å². The molecule has 1 aliphatic heterocycles. The number of thiazole rings is 1. The highest BCUT2D eigenvalue weighted by Crippen LogP contribution is 2.32. The maximum absolute atomic E-state index is 13.3. The van der Waals surface area contributed by atoms with Crippen LogP contribution in [0.4, 0.5) is 5.13 Å². The second kappa shape index (κ2) is 11.1. The van der Waals surface area contributed by atoms with Crippen LogP contribution in [-0.4, -0.2) is 60.1 Å². The Morgan fingerprint density at radius 1 is 1.20 bits per heavy atom. The smallest absolute Gasteiger partial charge is 0.248 e. The summed E-state index contributed by atoms with van der Waals surface area (Å²) >= 11 is 13.6. The number of sulfonamides is 1. The van der Waals surface area contributed by atoms with E-state index >= 15 is 0 Å². The molecule has 1 saturated heterocycles. The Hall–Kier alpha value is -1.72. The number of carbonyl (C=O) groups excluding carboxylic acids is 2. The summed E-state index contributed by atoms with van der Waals surface area (Å²) in [6.45, 7) is 1.52. The summed E-state index contributed by atoms with van der Waals surface area (Å²) in [5.41, 5.74) is 0.575. The molecule has 2 amide bonds. The van der Waals surface area contributed by atoms with Gasteiger partial charge in [0.25, 0.3) is 0 Å². The maximum Gasteiger partial charge on any atom is 0.248 e. The number of carbonyl (C=O) groups is 2. The number of amides is 2. The monoisotopic (exact) mass is 558 g/mol. The molecule has 1 aliphatic carbocycles. The van der Waals surface area contributed by atoms with Gasteiger partial charge in [-0.05, 0) is 37.0 Å². The largest absolute Gasteiger partial charge is 0.328 e. The molecule has 0 spiro atoms. The number of halogens is 2. The molecule has 12 heteroatoms. The average Bonchev–Trinajstić information content (AvgIpc) is 3.33. The van der Waals surface area contributed by atoms with Crippen molar-refractivity contribution in [2.45, 2.75) is 56.4 Å². The summed E-state index contributed by atoms with van der Waals surface area (Å²) in [4.78, 5) is 32.1. The van der Waals surface area contributed by atoms with Crippen LogP contribution >= 0.6 is 34.5 Å². The van der Waals surface area contributed by atoms with Crippen molar-refractivity contribution in [3.8, 4) is 0 Å². The number of hydrogen-bond acceptors (Lipinski definition) is 6. The van der Waals surface area contributed by atoms with Gasteiger partial charge in [0.15, 0.2) is 5.13 Å². The molecule has 35 heavy (non-hydrogen) atoms. The number of nitrogens with zero attached hydrogens (tertiary/aromatic N) is 3. The van der Waals surface area contributed by atoms with Crippen molar-refractivity contribution < 1.29 is 18.0 Å². The first-order valence-corrected chi connectivity index (χ1v) is 14.7. The minimum Gasteiger partial charge on any atom is -0.328 e. The van der Waals surface area contributed by atoms with Gasteiger partial charge in [0.05, 0.1) is 11.6 Å². The molecule has 1 saturated carbocycles. The number of aryl methyl sites for hydroxylation is 1. The Morgan fingerprint density at radius 2 is 1.94 bits per heavy atom. The van der Waals surface area contributed by atoms with Crippen molar-refractivity contribution in [2.24, 2.45) is 5.92 Å². The van der Waals surface area contributed by atoms with Gasteiger partial charge in [0, 0.05) is 29.7 Å². The van der Waals surface area contributed by atoms with Gasteiger partial charge in [-0.15, -0.1) is 11.3 Å². The van der Waals surface area contributed by atoms with E-state index in [1.54, 1.807) is 18.5 Å². The predicted molar refractivity (Wildman–Crippen MR) is 137 cm³/mol. The maximum atomic E-state index is 13.3. The van der Waals surface area contributed by atoms with Crippen molar-refractivity contribution in [1.82, 2.24) is 14.2 Å². The lowest BCUT2D eigenvalue weighted by atomic mass is 9.84. The molecule has 2 aliphatic rings. The Bertz CT molecular complexity index is 1180. The van der Waals surface area contributed by atoms with Crippen LogP contribution in [0.5, 0.6) is 0 Å². The Kier molecular flexibility index (Phi) is 8.38. The fourth-order valence-electron chi connectivity index (χ4n) is 4.76. The van der Waals surface area contributed by atoms with Crippen LogP contribution in [0.3, 0.4) is 0 Å². The highest BCUT2D eigenvalue weighted by atomic mass is 35.5. The Balaban J connectivity index is 1.53. The van der Waals surface area contributed by atoms with Crippen molar-refractivity contribution >= 4 is 61.5 Å². The summed E-state index contributed by atoms with van der Waals surface area (Å²) in [7, 11) is -4.02. The van der Waals surface area contributed by atoms with Crippen molar-refractivity contribution in [3.63, 3.8) is 0 Å². The van der Waals surface area contributed by atoms with Crippen molar-refractivity contribution in [2.75, 3.05) is 25.0 Å². The minimum absolute atomic E-state index is 0.00785. The second-order valence-electron chi connectivity index (χ2n) is 9.04. The summed E-state index contributed by atoms with van der Waals surface area (Å²) < 4.78 is 27.7. The van der Waals surface area contributed by atoms with Gasteiger partial charge in [-0.3, -0.25) is 9.59 Å². The molecule has 8 nitrogen and oxygen atoms in total. The fraction of sp³-hybridized carbons (Fsp3) is 0.522. The molecular weight excluding hydrogens is 531 g/mol. The molecule has 0 radical (unpaired) electrons. The van der Waals surface area contributed by atoms with Crippen LogP contribution in [0.15, 0.2) is 28.6 Å². The zero-order valence-electron chi connectivity index (χ0n) is 19.4. The summed E-state index contributed by atoms with van der Waals surface area (Å²) in [6.07, 6.45) is 7.64. The van der Waals surface area contributed by atoms with Gasteiger partial charge in [0.2, 0.25) is 21.8 Å². The molecule has 190 valence electrons. The highest BCUT2D eigenvalue weighted by Gasteiger charge is 2.39. The van der Waals surface area contributed by atoms with Crippen LogP contribution in [0.1, 0.15) is 44.1 Å². The molecule has 1 aromatic carbocycles. The van der Waals surface area contributed by atoms with E-state index in [4.69, 9.17) is 23.2 Å². The fourth-order valence-corrected chi connectivity index (χ4v) is 7.47. The van der Waals surface area contributed by atoms with E-state index in [1.165, 1.54) is 34.8 Å². The summed E-state index contributed by atoms with van der Waals surface area (Å²) in [5, 5.41) is 5.45. The van der Waals surface area contributed by atoms with Gasteiger partial charge >= 0.3 is 0 Å². The summed E-state index contributed by atoms with van der Waals surface area (Å²) in [5.74, 6) is -0.343. The first-order valence-electron chi connectivity index (χ1n) is 11.6. The number of anilines is 1. The van der Waals surface area contributed by atoms with Crippen LogP contribution < -0.4 is 5.32 Å². The summed E-state index contributed by atoms with van der Waals surface area (Å²) in [6, 6.07) is 2.14. The third-order valence-corrected chi connectivity index (χ3v) is 10.1. The molecule has 1 unspecified atom stereocenters. The topological polar surface area (TPSA) is 99.7 Å². The molecule has 1 atom stereocenters. The Labute approximate surface area is 219 Å². The number of rotatable bonds is 7. The lowest BCUT2D eigenvalue weighted by Gasteiger charge is -2.39. The minimum atomic E-state index is -4.02. The SMILES string of the molecule is Cc1cc(S(=O)(=O)N2CCN(C(CC3CCCCC3)C(=O)Nc3nccs3)C(=O)C2)c(Cl)cc1Cl. The van der Waals surface area contributed by atoms with Crippen molar-refractivity contribution in [1.29, 1.82) is 0 Å². The molecule has 4 rings (SSSR count). The van der Waals surface area contributed by atoms with Gasteiger partial charge < -0.3 is 10.2 Å². The van der Waals surface area contributed by atoms with E-state index in [2.05, 4.69) is 10.3 Å². The lowest BCUT2D eigenvalue weighted by molar-refractivity contribution is -0.142. The highest BCUT2D eigenvalue weighted by molar-refractivity contribution is 7.89.